The summed E-state index contributed by atoms with van der Waals surface area (Å²) in [7, 11) is 0. The molecule has 3 aromatic heterocycles. The van der Waals surface area contributed by atoms with E-state index in [0.717, 1.165) is 17.4 Å². The van der Waals surface area contributed by atoms with Crippen LogP contribution in [0.5, 0.6) is 0 Å². The van der Waals surface area contributed by atoms with Crippen LogP contribution < -0.4 is 17.0 Å². The molecule has 1 saturated heterocycles. The van der Waals surface area contributed by atoms with Gasteiger partial charge in [0.2, 0.25) is 5.91 Å². The fourth-order valence-corrected chi connectivity index (χ4v) is 4.33. The molecule has 3 aromatic rings. The van der Waals surface area contributed by atoms with Gasteiger partial charge in [0.1, 0.15) is 16.1 Å². The molecule has 2 N–H and O–H groups in total. The highest BCUT2D eigenvalue weighted by Crippen LogP contribution is 2.29. The molecule has 8 nitrogen and oxygen atoms in total. The third-order valence-electron chi connectivity index (χ3n) is 4.34. The Labute approximate surface area is 145 Å². The molecule has 4 rings (SSSR count). The number of fused-ring (bicyclic) bond motifs is 3. The number of carbonyl (C=O) groups is 1. The molecule has 0 bridgehead atoms. The van der Waals surface area contributed by atoms with Gasteiger partial charge in [-0.2, -0.15) is 0 Å². The van der Waals surface area contributed by atoms with Gasteiger partial charge in [-0.1, -0.05) is 0 Å². The van der Waals surface area contributed by atoms with Crippen molar-refractivity contribution in [2.45, 2.75) is 32.0 Å². The highest BCUT2D eigenvalue weighted by molar-refractivity contribution is 7.25. The summed E-state index contributed by atoms with van der Waals surface area (Å²) in [6.45, 7) is 0.514. The van der Waals surface area contributed by atoms with Gasteiger partial charge < -0.3 is 10.5 Å². The monoisotopic (exact) mass is 360 g/mol. The zero-order valence-corrected chi connectivity index (χ0v) is 14.1. The molecule has 1 aliphatic heterocycles. The van der Waals surface area contributed by atoms with Crippen molar-refractivity contribution in [2.75, 3.05) is 6.61 Å². The highest BCUT2D eigenvalue weighted by atomic mass is 32.1. The summed E-state index contributed by atoms with van der Waals surface area (Å²) in [4.78, 5) is 42.2. The lowest BCUT2D eigenvalue weighted by Gasteiger charge is -2.14. The molecule has 0 spiro atoms. The topological polar surface area (TPSA) is 109 Å². The van der Waals surface area contributed by atoms with Gasteiger partial charge in [0.25, 0.3) is 5.56 Å². The van der Waals surface area contributed by atoms with Crippen LogP contribution in [0.2, 0.25) is 0 Å². The maximum atomic E-state index is 12.9. The maximum Gasteiger partial charge on any atom is 0.332 e. The lowest BCUT2D eigenvalue weighted by molar-refractivity contribution is -0.118. The minimum absolute atomic E-state index is 0.169. The number of primary amides is 1. The van der Waals surface area contributed by atoms with E-state index in [1.54, 1.807) is 18.3 Å². The van der Waals surface area contributed by atoms with Crippen LogP contribution in [0, 0.1) is 0 Å². The number of aromatic nitrogens is 3. The third kappa shape index (κ3) is 2.65. The Balaban J connectivity index is 2.03. The standard InChI is InChI=1S/C16H16N4O4S/c17-11(21)8-19-12-10-4-1-5-18-14(10)25-13(12)15(22)20(16(19)23)7-9-3-2-6-24-9/h1,4-5,9H,2-3,6-8H2,(H2,17,21)/t9-/m1/s1. The molecule has 1 amide bonds. The Morgan fingerprint density at radius 1 is 1.40 bits per heavy atom. The normalized spacial score (nSPS) is 17.5. The number of rotatable bonds is 4. The van der Waals surface area contributed by atoms with Crippen molar-refractivity contribution in [3.8, 4) is 0 Å². The molecule has 4 heterocycles. The van der Waals surface area contributed by atoms with Crippen molar-refractivity contribution in [1.29, 1.82) is 0 Å². The Bertz CT molecular complexity index is 1090. The predicted molar refractivity (Wildman–Crippen MR) is 93.8 cm³/mol. The molecular formula is C16H16N4O4S. The van der Waals surface area contributed by atoms with E-state index in [9.17, 15) is 14.4 Å². The number of pyridine rings is 1. The van der Waals surface area contributed by atoms with E-state index in [4.69, 9.17) is 10.5 Å². The van der Waals surface area contributed by atoms with Crippen LogP contribution in [0.25, 0.3) is 20.4 Å². The SMILES string of the molecule is NC(=O)Cn1c(=O)n(C[C@H]2CCCO2)c(=O)c2sc3ncccc3c21. The average Bonchev–Trinajstić information content (AvgIpc) is 3.22. The zero-order chi connectivity index (χ0) is 17.6. The summed E-state index contributed by atoms with van der Waals surface area (Å²) in [6.07, 6.45) is 3.16. The average molecular weight is 360 g/mol. The van der Waals surface area contributed by atoms with Gasteiger partial charge in [0.05, 0.1) is 18.2 Å². The largest absolute Gasteiger partial charge is 0.376 e. The third-order valence-corrected chi connectivity index (χ3v) is 5.43. The van der Waals surface area contributed by atoms with Crippen LogP contribution in [0.1, 0.15) is 12.8 Å². The van der Waals surface area contributed by atoms with Crippen LogP contribution in [-0.2, 0) is 22.6 Å². The number of thiophene rings is 1. The number of nitrogens with two attached hydrogens (primary N) is 1. The number of carbonyl (C=O) groups excluding carboxylic acids is 1. The van der Waals surface area contributed by atoms with Crippen LogP contribution >= 0.6 is 11.3 Å². The van der Waals surface area contributed by atoms with Gasteiger partial charge in [0, 0.05) is 18.2 Å². The smallest absolute Gasteiger partial charge is 0.332 e. The van der Waals surface area contributed by atoms with Crippen molar-refractivity contribution in [3.63, 3.8) is 0 Å². The fourth-order valence-electron chi connectivity index (χ4n) is 3.24. The maximum absolute atomic E-state index is 12.9. The van der Waals surface area contributed by atoms with Gasteiger partial charge in [-0.15, -0.1) is 11.3 Å². The molecule has 1 fully saturated rings. The molecule has 1 atom stereocenters. The number of hydrogen-bond donors (Lipinski definition) is 1. The van der Waals surface area contributed by atoms with Crippen molar-refractivity contribution < 1.29 is 9.53 Å². The van der Waals surface area contributed by atoms with E-state index in [2.05, 4.69) is 4.98 Å². The van der Waals surface area contributed by atoms with Crippen molar-refractivity contribution in [3.05, 3.63) is 39.2 Å². The minimum Gasteiger partial charge on any atom is -0.376 e. The molecule has 130 valence electrons. The summed E-state index contributed by atoms with van der Waals surface area (Å²) in [5, 5.41) is 0.669. The van der Waals surface area contributed by atoms with E-state index >= 15 is 0 Å². The Morgan fingerprint density at radius 3 is 2.96 bits per heavy atom. The van der Waals surface area contributed by atoms with Crippen LogP contribution in [-0.4, -0.2) is 32.7 Å². The summed E-state index contributed by atoms with van der Waals surface area (Å²) in [5.41, 5.74) is 4.83. The second-order valence-electron chi connectivity index (χ2n) is 6.02. The van der Waals surface area contributed by atoms with E-state index in [1.807, 2.05) is 0 Å². The summed E-state index contributed by atoms with van der Waals surface area (Å²) < 4.78 is 8.37. The molecule has 9 heteroatoms. The highest BCUT2D eigenvalue weighted by Gasteiger charge is 2.23. The first kappa shape index (κ1) is 16.0. The zero-order valence-electron chi connectivity index (χ0n) is 13.3. The molecular weight excluding hydrogens is 344 g/mol. The van der Waals surface area contributed by atoms with Gasteiger partial charge in [-0.3, -0.25) is 18.7 Å². The first-order valence-corrected chi connectivity index (χ1v) is 8.78. The van der Waals surface area contributed by atoms with Gasteiger partial charge in [-0.05, 0) is 25.0 Å². The van der Waals surface area contributed by atoms with E-state index < -0.39 is 11.6 Å². The van der Waals surface area contributed by atoms with Gasteiger partial charge >= 0.3 is 5.69 Å². The second kappa shape index (κ2) is 6.08. The van der Waals surface area contributed by atoms with E-state index in [0.29, 0.717) is 27.0 Å². The van der Waals surface area contributed by atoms with Crippen molar-refractivity contribution in [1.82, 2.24) is 14.1 Å². The first-order valence-electron chi connectivity index (χ1n) is 7.97. The Kier molecular flexibility index (Phi) is 3.89. The second-order valence-corrected chi connectivity index (χ2v) is 7.02. The molecule has 1 aliphatic rings. The molecule has 0 radical (unpaired) electrons. The Hall–Kier alpha value is -2.52. The van der Waals surface area contributed by atoms with E-state index in [-0.39, 0.29) is 24.8 Å². The number of hydrogen-bond acceptors (Lipinski definition) is 6. The van der Waals surface area contributed by atoms with Crippen molar-refractivity contribution in [2.24, 2.45) is 5.73 Å². The summed E-state index contributed by atoms with van der Waals surface area (Å²) in [6, 6.07) is 3.51. The molecule has 25 heavy (non-hydrogen) atoms. The molecule has 0 aromatic carbocycles. The van der Waals surface area contributed by atoms with Gasteiger partial charge in [0.15, 0.2) is 0 Å². The number of amides is 1. The fraction of sp³-hybridized carbons (Fsp3) is 0.375. The first-order chi connectivity index (χ1) is 12.1. The summed E-state index contributed by atoms with van der Waals surface area (Å²) >= 11 is 1.21. The van der Waals surface area contributed by atoms with Crippen LogP contribution in [0.3, 0.4) is 0 Å². The molecule has 0 aliphatic carbocycles. The minimum atomic E-state index is -0.644. The Morgan fingerprint density at radius 2 is 2.24 bits per heavy atom. The predicted octanol–water partition coefficient (Wildman–Crippen LogP) is 0.437. The summed E-state index contributed by atoms with van der Waals surface area (Å²) in [5.74, 6) is -0.644. The van der Waals surface area contributed by atoms with Crippen LogP contribution in [0.4, 0.5) is 0 Å². The van der Waals surface area contributed by atoms with Crippen LogP contribution in [0.15, 0.2) is 27.9 Å². The quantitative estimate of drug-likeness (QED) is 0.726. The number of ether oxygens (including phenoxy) is 1. The lowest BCUT2D eigenvalue weighted by Crippen LogP contribution is -2.43. The lowest BCUT2D eigenvalue weighted by atomic mass is 10.2. The van der Waals surface area contributed by atoms with Gasteiger partial charge in [-0.25, -0.2) is 9.78 Å². The van der Waals surface area contributed by atoms with Crippen molar-refractivity contribution >= 4 is 37.7 Å². The number of nitrogens with zero attached hydrogens (tertiary/aromatic N) is 3. The van der Waals surface area contributed by atoms with E-state index in [1.165, 1.54) is 15.9 Å². The molecule has 0 unspecified atom stereocenters. The molecule has 0 saturated carbocycles.